The Labute approximate surface area is 243 Å². The van der Waals surface area contributed by atoms with Gasteiger partial charge in [0.2, 0.25) is 5.91 Å². The van der Waals surface area contributed by atoms with E-state index in [9.17, 15) is 28.1 Å². The largest absolute Gasteiger partial charge is 0.488 e. The molecule has 2 aliphatic heterocycles. The van der Waals surface area contributed by atoms with Crippen LogP contribution in [0, 0.1) is 17.0 Å². The number of amides is 1. The molecule has 0 bridgehead atoms. The van der Waals surface area contributed by atoms with Crippen LogP contribution in [0.3, 0.4) is 0 Å². The maximum atomic E-state index is 13.3. The second kappa shape index (κ2) is 12.5. The Kier molecular flexibility index (Phi) is 8.93. The number of alkyl halides is 3. The number of fused-ring (bicyclic) bond motifs is 1. The highest BCUT2D eigenvalue weighted by Crippen LogP contribution is 2.38. The minimum Gasteiger partial charge on any atom is -0.488 e. The van der Waals surface area contributed by atoms with Crippen molar-refractivity contribution in [3.05, 3.63) is 63.2 Å². The summed E-state index contributed by atoms with van der Waals surface area (Å²) < 4.78 is 52.0. The van der Waals surface area contributed by atoms with E-state index in [2.05, 4.69) is 36.2 Å². The smallest absolute Gasteiger partial charge is 0.423 e. The van der Waals surface area contributed by atoms with Gasteiger partial charge in [0, 0.05) is 56.4 Å². The molecule has 1 N–H and O–H groups in total. The number of nitro benzene ring substituents is 1. The molecule has 9 nitrogen and oxygen atoms in total. The van der Waals surface area contributed by atoms with Crippen molar-refractivity contribution in [3.63, 3.8) is 0 Å². The fourth-order valence-corrected chi connectivity index (χ4v) is 6.19. The lowest BCUT2D eigenvalue weighted by Gasteiger charge is -2.39. The highest BCUT2D eigenvalue weighted by atomic mass is 19.4. The first-order valence-corrected chi connectivity index (χ1v) is 14.5. The summed E-state index contributed by atoms with van der Waals surface area (Å²) in [6, 6.07) is 9.43. The molecule has 0 aromatic heterocycles. The van der Waals surface area contributed by atoms with Gasteiger partial charge in [-0.05, 0) is 63.3 Å². The number of ether oxygens (including phenoxy) is 2. The predicted octanol–water partition coefficient (Wildman–Crippen LogP) is 5.20. The first-order chi connectivity index (χ1) is 20.0. The van der Waals surface area contributed by atoms with E-state index >= 15 is 0 Å². The summed E-state index contributed by atoms with van der Waals surface area (Å²) in [7, 11) is 0. The maximum Gasteiger partial charge on any atom is 0.423 e. The number of benzene rings is 2. The van der Waals surface area contributed by atoms with Crippen molar-refractivity contribution in [2.75, 3.05) is 38.1 Å². The molecule has 2 aromatic rings. The van der Waals surface area contributed by atoms with Gasteiger partial charge >= 0.3 is 6.18 Å². The number of nitro groups is 1. The van der Waals surface area contributed by atoms with Gasteiger partial charge in [0.15, 0.2) is 0 Å². The summed E-state index contributed by atoms with van der Waals surface area (Å²) >= 11 is 0. The number of carbonyl (C=O) groups excluding carboxylic acids is 1. The van der Waals surface area contributed by atoms with Gasteiger partial charge in [-0.25, -0.2) is 0 Å². The van der Waals surface area contributed by atoms with Crippen molar-refractivity contribution in [1.29, 1.82) is 0 Å². The highest BCUT2D eigenvalue weighted by molar-refractivity contribution is 5.77. The lowest BCUT2D eigenvalue weighted by molar-refractivity contribution is -0.388. The molecule has 2 unspecified atom stereocenters. The zero-order chi connectivity index (χ0) is 30.0. The molecule has 228 valence electrons. The quantitative estimate of drug-likeness (QED) is 0.334. The number of hydrogen-bond acceptors (Lipinski definition) is 7. The normalized spacial score (nSPS) is 23.6. The molecule has 0 spiro atoms. The predicted molar refractivity (Wildman–Crippen MR) is 151 cm³/mol. The van der Waals surface area contributed by atoms with Crippen LogP contribution in [0.5, 0.6) is 5.75 Å². The zero-order valence-electron chi connectivity index (χ0n) is 23.9. The average Bonchev–Trinajstić information content (AvgIpc) is 3.39. The molecule has 3 aliphatic rings. The van der Waals surface area contributed by atoms with Crippen molar-refractivity contribution in [2.24, 2.45) is 0 Å². The zero-order valence-corrected chi connectivity index (χ0v) is 23.9. The van der Waals surface area contributed by atoms with Gasteiger partial charge in [0.1, 0.15) is 24.0 Å². The molecule has 2 atom stereocenters. The number of hydrogen-bond donors (Lipinski definition) is 1. The van der Waals surface area contributed by atoms with Crippen molar-refractivity contribution >= 4 is 17.3 Å². The summed E-state index contributed by atoms with van der Waals surface area (Å²) in [6.07, 6.45) is -1.28. The molecule has 2 fully saturated rings. The Hall–Kier alpha value is -3.38. The Bertz CT molecular complexity index is 1290. The molecule has 0 radical (unpaired) electrons. The van der Waals surface area contributed by atoms with E-state index in [0.717, 1.165) is 37.4 Å². The van der Waals surface area contributed by atoms with Crippen molar-refractivity contribution in [2.45, 2.75) is 76.4 Å². The van der Waals surface area contributed by atoms with E-state index in [-0.39, 0.29) is 42.5 Å². The Morgan fingerprint density at radius 2 is 1.83 bits per heavy atom. The van der Waals surface area contributed by atoms with E-state index in [1.165, 1.54) is 17.2 Å². The van der Waals surface area contributed by atoms with Gasteiger partial charge in [-0.1, -0.05) is 17.7 Å². The van der Waals surface area contributed by atoms with E-state index < -0.39 is 22.4 Å². The van der Waals surface area contributed by atoms with Crippen LogP contribution in [0.4, 0.5) is 24.5 Å². The van der Waals surface area contributed by atoms with Crippen molar-refractivity contribution in [3.8, 4) is 5.75 Å². The third kappa shape index (κ3) is 6.97. The van der Waals surface area contributed by atoms with Gasteiger partial charge < -0.3 is 19.7 Å². The van der Waals surface area contributed by atoms with Gasteiger partial charge in [0.05, 0.1) is 11.0 Å². The standard InChI is InChI=1S/C30H37F3N4O5/c1-19-3-10-27-21(15-19)16-28(42-27)20(2)35-11-13-36(14-12-35)29(38)18-41-24-7-4-22(5-8-24)34-23-6-9-26(37(39)40)25(17-23)30(31,32)33/h3,6,9-10,15,17,20,22,24,28,34H,4-5,7-8,11-14,16,18H2,1-2H3. The topological polar surface area (TPSA) is 97.2 Å². The third-order valence-corrected chi connectivity index (χ3v) is 8.68. The van der Waals surface area contributed by atoms with Crippen LogP contribution in [-0.4, -0.2) is 77.7 Å². The first-order valence-electron chi connectivity index (χ1n) is 14.5. The number of halogens is 3. The summed E-state index contributed by atoms with van der Waals surface area (Å²) in [4.78, 5) is 27.0. The summed E-state index contributed by atoms with van der Waals surface area (Å²) in [5, 5.41) is 14.1. The molecule has 1 saturated carbocycles. The summed E-state index contributed by atoms with van der Waals surface area (Å²) in [6.45, 7) is 7.11. The van der Waals surface area contributed by atoms with E-state index in [1.807, 2.05) is 11.0 Å². The van der Waals surface area contributed by atoms with Crippen LogP contribution in [-0.2, 0) is 22.1 Å². The molecule has 1 aliphatic carbocycles. The minimum absolute atomic E-state index is 0.00993. The van der Waals surface area contributed by atoms with Crippen molar-refractivity contribution in [1.82, 2.24) is 9.80 Å². The summed E-state index contributed by atoms with van der Waals surface area (Å²) in [5.74, 6) is 0.934. The lowest BCUT2D eigenvalue weighted by atomic mass is 9.92. The van der Waals surface area contributed by atoms with E-state index in [1.54, 1.807) is 0 Å². The Balaban J connectivity index is 1.02. The number of anilines is 1. The van der Waals surface area contributed by atoms with E-state index in [4.69, 9.17) is 9.47 Å². The second-order valence-electron chi connectivity index (χ2n) is 11.5. The van der Waals surface area contributed by atoms with E-state index in [0.29, 0.717) is 38.8 Å². The fraction of sp³-hybridized carbons (Fsp3) is 0.567. The number of aryl methyl sites for hydroxylation is 1. The molecule has 5 rings (SSSR count). The molecule has 12 heteroatoms. The molecule has 1 amide bonds. The average molecular weight is 591 g/mol. The summed E-state index contributed by atoms with van der Waals surface area (Å²) in [5.41, 5.74) is 0.449. The number of piperazine rings is 1. The van der Waals surface area contributed by atoms with Crippen LogP contribution >= 0.6 is 0 Å². The van der Waals surface area contributed by atoms with Crippen LogP contribution in [0.25, 0.3) is 0 Å². The van der Waals surface area contributed by atoms with Crippen molar-refractivity contribution < 1.29 is 32.4 Å². The van der Waals surface area contributed by atoms with Crippen LogP contribution in [0.2, 0.25) is 0 Å². The SMILES string of the molecule is Cc1ccc2c(c1)CC(C(C)N1CCN(C(=O)COC3CCC(Nc4ccc([N+](=O)[O-])c(C(F)(F)F)c4)CC3)CC1)O2. The minimum atomic E-state index is -4.82. The fourth-order valence-electron chi connectivity index (χ4n) is 6.19. The number of rotatable bonds is 8. The Morgan fingerprint density at radius 3 is 2.50 bits per heavy atom. The lowest BCUT2D eigenvalue weighted by Crippen LogP contribution is -2.55. The second-order valence-corrected chi connectivity index (χ2v) is 11.5. The number of carbonyl (C=O) groups is 1. The molecular weight excluding hydrogens is 553 g/mol. The highest BCUT2D eigenvalue weighted by Gasteiger charge is 2.39. The monoisotopic (exact) mass is 590 g/mol. The molecule has 42 heavy (non-hydrogen) atoms. The van der Waals surface area contributed by atoms with Crippen LogP contribution < -0.4 is 10.1 Å². The molecular formula is C30H37F3N4O5. The van der Waals surface area contributed by atoms with Crippen LogP contribution in [0.15, 0.2) is 36.4 Å². The van der Waals surface area contributed by atoms with Crippen LogP contribution in [0.1, 0.15) is 49.3 Å². The molecule has 2 aromatic carbocycles. The van der Waals surface area contributed by atoms with Gasteiger partial charge in [0.25, 0.3) is 5.69 Å². The third-order valence-electron chi connectivity index (χ3n) is 8.68. The number of nitrogens with one attached hydrogen (secondary N) is 1. The Morgan fingerprint density at radius 1 is 1.12 bits per heavy atom. The molecule has 1 saturated heterocycles. The van der Waals surface area contributed by atoms with Gasteiger partial charge in [-0.3, -0.25) is 19.8 Å². The molecule has 2 heterocycles. The van der Waals surface area contributed by atoms with Gasteiger partial charge in [-0.15, -0.1) is 0 Å². The maximum absolute atomic E-state index is 13.3. The number of nitrogens with zero attached hydrogens (tertiary/aromatic N) is 3. The van der Waals surface area contributed by atoms with Gasteiger partial charge in [-0.2, -0.15) is 13.2 Å². The first kappa shape index (κ1) is 30.1.